The molecule has 20 heavy (non-hydrogen) atoms. The van der Waals surface area contributed by atoms with E-state index in [1.807, 2.05) is 0 Å². The molecule has 0 unspecified atom stereocenters. The molecule has 2 aliphatic carbocycles. The van der Waals surface area contributed by atoms with Gasteiger partial charge in [0.25, 0.3) is 0 Å². The second-order valence-electron chi connectivity index (χ2n) is 4.82. The number of allylic oxidation sites excluding steroid dienone is 2. The molecule has 0 aromatic rings. The van der Waals surface area contributed by atoms with Crippen molar-refractivity contribution in [2.24, 2.45) is 11.8 Å². The second-order valence-corrected chi connectivity index (χ2v) is 9.38. The normalized spacial score (nSPS) is 49.1. The van der Waals surface area contributed by atoms with Crippen LogP contribution in [0.1, 0.15) is 0 Å². The van der Waals surface area contributed by atoms with Gasteiger partial charge in [-0.2, -0.15) is 8.42 Å². The molecule has 1 saturated heterocycles. The van der Waals surface area contributed by atoms with Gasteiger partial charge in [0, 0.05) is 11.8 Å². The average molecular weight is 423 g/mol. The SMILES string of the molecule is O=S1(=O)OC[C@@H]2[C@H](CO1)[C@@]1(Cl)C(Cl)=C(Cl)[C@]2(Cl)C1(Cl)Cl. The van der Waals surface area contributed by atoms with Gasteiger partial charge in [0.1, 0.15) is 9.75 Å². The Labute approximate surface area is 145 Å². The first kappa shape index (κ1) is 16.2. The van der Waals surface area contributed by atoms with Gasteiger partial charge < -0.3 is 0 Å². The van der Waals surface area contributed by atoms with E-state index >= 15 is 0 Å². The molecule has 0 spiro atoms. The Balaban J connectivity index is 2.19. The number of alkyl halides is 4. The molecule has 2 fully saturated rings. The van der Waals surface area contributed by atoms with Gasteiger partial charge in [-0.1, -0.05) is 46.4 Å². The van der Waals surface area contributed by atoms with Crippen LogP contribution in [-0.4, -0.2) is 35.7 Å². The maximum atomic E-state index is 11.4. The van der Waals surface area contributed by atoms with Gasteiger partial charge in [0.05, 0.1) is 23.3 Å². The largest absolute Gasteiger partial charge is 0.399 e. The summed E-state index contributed by atoms with van der Waals surface area (Å²) in [6, 6.07) is 0. The Morgan fingerprint density at radius 3 is 1.60 bits per heavy atom. The molecule has 3 rings (SSSR count). The lowest BCUT2D eigenvalue weighted by molar-refractivity contribution is 0.207. The van der Waals surface area contributed by atoms with Crippen molar-refractivity contribution in [1.82, 2.24) is 0 Å². The van der Waals surface area contributed by atoms with Gasteiger partial charge in [0.2, 0.25) is 0 Å². The lowest BCUT2D eigenvalue weighted by Crippen LogP contribution is -2.45. The van der Waals surface area contributed by atoms with E-state index in [1.165, 1.54) is 0 Å². The summed E-state index contributed by atoms with van der Waals surface area (Å²) in [6.45, 7) is -0.598. The highest BCUT2D eigenvalue weighted by molar-refractivity contribution is 7.81. The maximum absolute atomic E-state index is 11.4. The molecule has 114 valence electrons. The topological polar surface area (TPSA) is 52.6 Å². The van der Waals surface area contributed by atoms with Crippen LogP contribution in [-0.2, 0) is 18.8 Å². The first-order chi connectivity index (χ1) is 9.00. The summed E-state index contributed by atoms with van der Waals surface area (Å²) in [5.74, 6) is -1.33. The first-order valence-electron chi connectivity index (χ1n) is 5.36. The third-order valence-electron chi connectivity index (χ3n) is 4.04. The molecule has 0 aromatic heterocycles. The van der Waals surface area contributed by atoms with Crippen LogP contribution >= 0.6 is 69.6 Å². The van der Waals surface area contributed by atoms with Gasteiger partial charge in [-0.25, -0.2) is 8.37 Å². The van der Waals surface area contributed by atoms with Gasteiger partial charge in [-0.05, 0) is 0 Å². The first-order valence-corrected chi connectivity index (χ1v) is 8.96. The van der Waals surface area contributed by atoms with Crippen LogP contribution in [0.15, 0.2) is 10.1 Å². The number of rotatable bonds is 0. The average Bonchev–Trinajstić information content (AvgIpc) is 2.52. The zero-order valence-corrected chi connectivity index (χ0v) is 14.7. The molecule has 3 aliphatic rings. The van der Waals surface area contributed by atoms with Gasteiger partial charge in [0.15, 0.2) is 4.33 Å². The number of fused-ring (bicyclic) bond motifs is 5. The number of hydrogen-bond donors (Lipinski definition) is 0. The molecule has 4 nitrogen and oxygen atoms in total. The molecule has 1 heterocycles. The Hall–Kier alpha value is 1.35. The number of hydrogen-bond acceptors (Lipinski definition) is 4. The minimum absolute atomic E-state index is 0.00461. The molecule has 0 radical (unpaired) electrons. The molecule has 11 heteroatoms. The highest BCUT2D eigenvalue weighted by Gasteiger charge is 2.82. The van der Waals surface area contributed by atoms with Crippen LogP contribution in [0, 0.1) is 11.8 Å². The van der Waals surface area contributed by atoms with Crippen molar-refractivity contribution < 1.29 is 16.8 Å². The monoisotopic (exact) mass is 420 g/mol. The molecule has 4 atom stereocenters. The van der Waals surface area contributed by atoms with Crippen LogP contribution < -0.4 is 0 Å². The van der Waals surface area contributed by atoms with E-state index in [0.717, 1.165) is 0 Å². The zero-order chi connectivity index (χ0) is 15.1. The molecular weight excluding hydrogens is 417 g/mol. The van der Waals surface area contributed by atoms with Crippen LogP contribution in [0.4, 0.5) is 0 Å². The fraction of sp³-hybridized carbons (Fsp3) is 0.778. The van der Waals surface area contributed by atoms with Crippen LogP contribution in [0.5, 0.6) is 0 Å². The Kier molecular flexibility index (Phi) is 3.61. The van der Waals surface area contributed by atoms with Gasteiger partial charge in [-0.3, -0.25) is 0 Å². The summed E-state index contributed by atoms with van der Waals surface area (Å²) in [6.07, 6.45) is 0. The van der Waals surface area contributed by atoms with Crippen molar-refractivity contribution in [3.05, 3.63) is 10.1 Å². The van der Waals surface area contributed by atoms with Crippen LogP contribution in [0.3, 0.4) is 0 Å². The van der Waals surface area contributed by atoms with E-state index in [-0.39, 0.29) is 23.3 Å². The maximum Gasteiger partial charge on any atom is 0.399 e. The summed E-state index contributed by atoms with van der Waals surface area (Å²) in [7, 11) is -4.11. The highest BCUT2D eigenvalue weighted by Crippen LogP contribution is 2.76. The van der Waals surface area contributed by atoms with Crippen LogP contribution in [0.25, 0.3) is 0 Å². The smallest absolute Gasteiger partial charge is 0.248 e. The van der Waals surface area contributed by atoms with Crippen molar-refractivity contribution in [2.75, 3.05) is 13.2 Å². The lowest BCUT2D eigenvalue weighted by atomic mass is 9.83. The van der Waals surface area contributed by atoms with Crippen molar-refractivity contribution in [3.63, 3.8) is 0 Å². The quantitative estimate of drug-likeness (QED) is 0.562. The summed E-state index contributed by atoms with van der Waals surface area (Å²) < 4.78 is 30.5. The number of halogens is 6. The van der Waals surface area contributed by atoms with E-state index in [9.17, 15) is 8.42 Å². The Bertz CT molecular complexity index is 574. The molecule has 0 amide bonds. The summed E-state index contributed by atoms with van der Waals surface area (Å²) >= 11 is 38.0. The van der Waals surface area contributed by atoms with Crippen molar-refractivity contribution in [2.45, 2.75) is 14.1 Å². The Morgan fingerprint density at radius 2 is 1.25 bits per heavy atom. The van der Waals surface area contributed by atoms with E-state index in [0.29, 0.717) is 0 Å². The minimum atomic E-state index is -4.11. The van der Waals surface area contributed by atoms with Crippen molar-refractivity contribution >= 4 is 80.0 Å². The molecule has 1 aliphatic heterocycles. The standard InChI is InChI=1S/C9H6Cl6O4S/c10-5-6(11)8(13)4-2-19-20(16,17)18-1-3(4)7(5,12)9(8,14)15/h3-4H,1-2H2/t3-,4+,7+,8-. The van der Waals surface area contributed by atoms with E-state index in [2.05, 4.69) is 0 Å². The second kappa shape index (κ2) is 4.46. The van der Waals surface area contributed by atoms with Crippen molar-refractivity contribution in [3.8, 4) is 0 Å². The minimum Gasteiger partial charge on any atom is -0.248 e. The molecule has 0 N–H and O–H groups in total. The summed E-state index contributed by atoms with van der Waals surface area (Å²) in [4.78, 5) is -3.07. The van der Waals surface area contributed by atoms with E-state index in [1.54, 1.807) is 0 Å². The molecule has 0 aromatic carbocycles. The fourth-order valence-corrected chi connectivity index (χ4v) is 6.77. The van der Waals surface area contributed by atoms with E-state index in [4.69, 9.17) is 78.0 Å². The summed E-state index contributed by atoms with van der Waals surface area (Å²) in [5, 5.41) is 0.00922. The molecular formula is C9H6Cl6O4S. The zero-order valence-electron chi connectivity index (χ0n) is 9.38. The summed E-state index contributed by atoms with van der Waals surface area (Å²) in [5.41, 5.74) is 0. The highest BCUT2D eigenvalue weighted by atomic mass is 35.5. The van der Waals surface area contributed by atoms with Gasteiger partial charge >= 0.3 is 10.4 Å². The third-order valence-corrected chi connectivity index (χ3v) is 9.24. The molecule has 1 saturated carbocycles. The third kappa shape index (κ3) is 1.62. The van der Waals surface area contributed by atoms with Gasteiger partial charge in [-0.15, -0.1) is 23.2 Å². The predicted octanol–water partition coefficient (Wildman–Crippen LogP) is 3.36. The van der Waals surface area contributed by atoms with E-state index < -0.39 is 36.3 Å². The van der Waals surface area contributed by atoms with Crippen molar-refractivity contribution in [1.29, 1.82) is 0 Å². The lowest BCUT2D eigenvalue weighted by Gasteiger charge is -2.33. The Morgan fingerprint density at radius 1 is 0.900 bits per heavy atom. The van der Waals surface area contributed by atoms with Crippen LogP contribution in [0.2, 0.25) is 0 Å². The fourth-order valence-electron chi connectivity index (χ4n) is 3.01. The predicted molar refractivity (Wildman–Crippen MR) is 78.1 cm³/mol. The molecule has 2 bridgehead atoms.